The first-order valence-electron chi connectivity index (χ1n) is 3.86. The molecule has 1 aromatic rings. The van der Waals surface area contributed by atoms with E-state index in [4.69, 9.17) is 5.11 Å². The molecule has 66 valence electrons. The number of aromatic amines is 1. The molecule has 4 heteroatoms. The first-order valence-corrected chi connectivity index (χ1v) is 3.86. The predicted molar refractivity (Wildman–Crippen MR) is 44.1 cm³/mol. The molecule has 1 aromatic heterocycles. The van der Waals surface area contributed by atoms with E-state index in [0.717, 1.165) is 12.0 Å². The van der Waals surface area contributed by atoms with Crippen molar-refractivity contribution in [2.24, 2.45) is 5.92 Å². The van der Waals surface area contributed by atoms with Gasteiger partial charge >= 0.3 is 5.97 Å². The first kappa shape index (κ1) is 8.77. The summed E-state index contributed by atoms with van der Waals surface area (Å²) in [7, 11) is 0. The minimum Gasteiger partial charge on any atom is -0.477 e. The average molecular weight is 168 g/mol. The van der Waals surface area contributed by atoms with Gasteiger partial charge in [0, 0.05) is 5.56 Å². The lowest BCUT2D eigenvalue weighted by Gasteiger charge is -2.01. The van der Waals surface area contributed by atoms with Crippen molar-refractivity contribution in [3.8, 4) is 0 Å². The molecule has 0 aliphatic carbocycles. The summed E-state index contributed by atoms with van der Waals surface area (Å²) in [5.41, 5.74) is 0.987. The Morgan fingerprint density at radius 2 is 2.42 bits per heavy atom. The molecule has 1 rings (SSSR count). The number of nitrogens with one attached hydrogen (secondary N) is 1. The van der Waals surface area contributed by atoms with E-state index in [2.05, 4.69) is 10.2 Å². The molecule has 0 saturated carbocycles. The molecular weight excluding hydrogens is 156 g/mol. The van der Waals surface area contributed by atoms with Crippen molar-refractivity contribution in [2.75, 3.05) is 0 Å². The molecule has 0 unspecified atom stereocenters. The van der Waals surface area contributed by atoms with Gasteiger partial charge in [0.1, 0.15) is 5.69 Å². The van der Waals surface area contributed by atoms with Crippen LogP contribution < -0.4 is 0 Å². The molecule has 2 N–H and O–H groups in total. The second-order valence-electron chi connectivity index (χ2n) is 3.17. The summed E-state index contributed by atoms with van der Waals surface area (Å²) in [5.74, 6) is -0.496. The minimum absolute atomic E-state index is 0.212. The van der Waals surface area contributed by atoms with Crippen molar-refractivity contribution >= 4 is 5.97 Å². The Labute approximate surface area is 70.6 Å². The predicted octanol–water partition coefficient (Wildman–Crippen LogP) is 1.31. The van der Waals surface area contributed by atoms with Crippen LogP contribution in [0.3, 0.4) is 0 Å². The molecule has 0 radical (unpaired) electrons. The van der Waals surface area contributed by atoms with Crippen LogP contribution in [-0.2, 0) is 6.42 Å². The van der Waals surface area contributed by atoms with Crippen LogP contribution in [-0.4, -0.2) is 21.3 Å². The smallest absolute Gasteiger partial charge is 0.354 e. The fourth-order valence-electron chi connectivity index (χ4n) is 1.09. The van der Waals surface area contributed by atoms with Gasteiger partial charge in [-0.3, -0.25) is 5.10 Å². The van der Waals surface area contributed by atoms with Gasteiger partial charge < -0.3 is 5.11 Å². The number of carboxylic acid groups (broad SMARTS) is 1. The summed E-state index contributed by atoms with van der Waals surface area (Å²) in [6, 6.07) is 0. The number of carboxylic acids is 1. The standard InChI is InChI=1S/C8H12N2O2/c1-5(2)3-6-4-9-10-7(6)8(11)12/h4-5H,3H2,1-2H3,(H,9,10)(H,11,12). The van der Waals surface area contributed by atoms with Gasteiger partial charge in [-0.15, -0.1) is 0 Å². The fourth-order valence-corrected chi connectivity index (χ4v) is 1.09. The van der Waals surface area contributed by atoms with Gasteiger partial charge in [0.2, 0.25) is 0 Å². The Morgan fingerprint density at radius 1 is 1.75 bits per heavy atom. The van der Waals surface area contributed by atoms with Gasteiger partial charge in [-0.25, -0.2) is 4.79 Å². The maximum Gasteiger partial charge on any atom is 0.354 e. The van der Waals surface area contributed by atoms with Gasteiger partial charge in [0.05, 0.1) is 6.20 Å². The van der Waals surface area contributed by atoms with Gasteiger partial charge in [-0.1, -0.05) is 13.8 Å². The summed E-state index contributed by atoms with van der Waals surface area (Å²) in [4.78, 5) is 10.6. The van der Waals surface area contributed by atoms with Crippen LogP contribution in [0.15, 0.2) is 6.20 Å². The van der Waals surface area contributed by atoms with Crippen LogP contribution in [0.2, 0.25) is 0 Å². The minimum atomic E-state index is -0.942. The van der Waals surface area contributed by atoms with E-state index in [0.29, 0.717) is 5.92 Å². The third kappa shape index (κ3) is 1.84. The lowest BCUT2D eigenvalue weighted by molar-refractivity contribution is 0.0689. The van der Waals surface area contributed by atoms with E-state index >= 15 is 0 Å². The van der Waals surface area contributed by atoms with Crippen LogP contribution in [0, 0.1) is 5.92 Å². The van der Waals surface area contributed by atoms with Crippen LogP contribution in [0.25, 0.3) is 0 Å². The molecule has 0 aliphatic heterocycles. The molecule has 4 nitrogen and oxygen atoms in total. The zero-order valence-corrected chi connectivity index (χ0v) is 7.16. The van der Waals surface area contributed by atoms with Gasteiger partial charge in [0.15, 0.2) is 0 Å². The van der Waals surface area contributed by atoms with E-state index in [1.807, 2.05) is 13.8 Å². The number of hydrogen-bond acceptors (Lipinski definition) is 2. The highest BCUT2D eigenvalue weighted by Gasteiger charge is 2.12. The monoisotopic (exact) mass is 168 g/mol. The van der Waals surface area contributed by atoms with Crippen molar-refractivity contribution in [3.05, 3.63) is 17.5 Å². The number of nitrogens with zero attached hydrogens (tertiary/aromatic N) is 1. The fraction of sp³-hybridized carbons (Fsp3) is 0.500. The molecule has 0 saturated heterocycles. The maximum absolute atomic E-state index is 10.6. The topological polar surface area (TPSA) is 66.0 Å². The van der Waals surface area contributed by atoms with Gasteiger partial charge in [-0.05, 0) is 12.3 Å². The Morgan fingerprint density at radius 3 is 2.92 bits per heavy atom. The van der Waals surface area contributed by atoms with Crippen LogP contribution in [0.4, 0.5) is 0 Å². The summed E-state index contributed by atoms with van der Waals surface area (Å²) in [5, 5.41) is 14.8. The zero-order chi connectivity index (χ0) is 9.14. The highest BCUT2D eigenvalue weighted by atomic mass is 16.4. The number of rotatable bonds is 3. The zero-order valence-electron chi connectivity index (χ0n) is 7.16. The lowest BCUT2D eigenvalue weighted by Crippen LogP contribution is -2.03. The molecule has 1 heterocycles. The molecular formula is C8H12N2O2. The summed E-state index contributed by atoms with van der Waals surface area (Å²) >= 11 is 0. The summed E-state index contributed by atoms with van der Waals surface area (Å²) in [6.07, 6.45) is 2.32. The number of aromatic nitrogens is 2. The number of H-pyrrole nitrogens is 1. The molecule has 12 heavy (non-hydrogen) atoms. The van der Waals surface area contributed by atoms with Crippen molar-refractivity contribution in [2.45, 2.75) is 20.3 Å². The summed E-state index contributed by atoms with van der Waals surface area (Å²) < 4.78 is 0. The normalized spacial score (nSPS) is 10.6. The second-order valence-corrected chi connectivity index (χ2v) is 3.17. The van der Waals surface area contributed by atoms with Gasteiger partial charge in [0.25, 0.3) is 0 Å². The molecule has 0 spiro atoms. The number of hydrogen-bond donors (Lipinski definition) is 2. The highest BCUT2D eigenvalue weighted by Crippen LogP contribution is 2.10. The molecule has 0 aromatic carbocycles. The van der Waals surface area contributed by atoms with Crippen molar-refractivity contribution < 1.29 is 9.90 Å². The van der Waals surface area contributed by atoms with E-state index < -0.39 is 5.97 Å². The molecule has 0 atom stereocenters. The van der Waals surface area contributed by atoms with Gasteiger partial charge in [-0.2, -0.15) is 5.10 Å². The molecule has 0 amide bonds. The van der Waals surface area contributed by atoms with E-state index in [-0.39, 0.29) is 5.69 Å². The van der Waals surface area contributed by atoms with E-state index in [9.17, 15) is 4.79 Å². The third-order valence-corrected chi connectivity index (χ3v) is 1.56. The SMILES string of the molecule is CC(C)Cc1cn[nH]c1C(=O)O. The first-order chi connectivity index (χ1) is 5.61. The second kappa shape index (κ2) is 3.38. The van der Waals surface area contributed by atoms with Crippen molar-refractivity contribution in [1.82, 2.24) is 10.2 Å². The van der Waals surface area contributed by atoms with Crippen LogP contribution in [0.1, 0.15) is 29.9 Å². The largest absolute Gasteiger partial charge is 0.477 e. The summed E-state index contributed by atoms with van der Waals surface area (Å²) in [6.45, 7) is 4.08. The van der Waals surface area contributed by atoms with Crippen LogP contribution >= 0.6 is 0 Å². The Bertz CT molecular complexity index is 278. The van der Waals surface area contributed by atoms with Crippen LogP contribution in [0.5, 0.6) is 0 Å². The maximum atomic E-state index is 10.6. The Balaban J connectivity index is 2.84. The van der Waals surface area contributed by atoms with E-state index in [1.54, 1.807) is 6.20 Å². The molecule has 0 fully saturated rings. The third-order valence-electron chi connectivity index (χ3n) is 1.56. The quantitative estimate of drug-likeness (QED) is 0.715. The molecule has 0 bridgehead atoms. The lowest BCUT2D eigenvalue weighted by atomic mass is 10.0. The van der Waals surface area contributed by atoms with E-state index in [1.165, 1.54) is 0 Å². The van der Waals surface area contributed by atoms with Crippen molar-refractivity contribution in [1.29, 1.82) is 0 Å². The Kier molecular flexibility index (Phi) is 2.47. The average Bonchev–Trinajstić information content (AvgIpc) is 2.33. The molecule has 0 aliphatic rings. The number of carbonyl (C=O) groups is 1. The highest BCUT2D eigenvalue weighted by molar-refractivity contribution is 5.86. The number of aromatic carboxylic acids is 1. The Hall–Kier alpha value is -1.32. The van der Waals surface area contributed by atoms with Crippen molar-refractivity contribution in [3.63, 3.8) is 0 Å².